The molecule has 0 fully saturated rings. The Morgan fingerprint density at radius 2 is 1.62 bits per heavy atom. The Labute approximate surface area is 118 Å². The summed E-state index contributed by atoms with van der Waals surface area (Å²) < 4.78 is 39.9. The second-order valence-electron chi connectivity index (χ2n) is 4.47. The lowest BCUT2D eigenvalue weighted by Crippen LogP contribution is -2.00. The molecule has 0 saturated carbocycles. The fraction of sp³-hybridized carbons (Fsp3) is 0. The fourth-order valence-corrected chi connectivity index (χ4v) is 2.09. The van der Waals surface area contributed by atoms with Crippen LogP contribution in [0, 0.1) is 17.5 Å². The summed E-state index contributed by atoms with van der Waals surface area (Å²) in [7, 11) is 0. The van der Waals surface area contributed by atoms with Gasteiger partial charge in [0.2, 0.25) is 0 Å². The summed E-state index contributed by atoms with van der Waals surface area (Å²) in [6, 6.07) is 6.98. The molecule has 0 amide bonds. The molecule has 3 nitrogen and oxygen atoms in total. The molecule has 0 saturated heterocycles. The molecule has 0 aliphatic rings. The highest BCUT2D eigenvalue weighted by Crippen LogP contribution is 2.31. The van der Waals surface area contributed by atoms with E-state index in [2.05, 4.69) is 10.3 Å². The minimum absolute atomic E-state index is 0.163. The third-order valence-corrected chi connectivity index (χ3v) is 3.16. The number of hydrogen-bond donors (Lipinski definition) is 2. The highest BCUT2D eigenvalue weighted by atomic mass is 19.2. The van der Waals surface area contributed by atoms with Crippen molar-refractivity contribution in [2.45, 2.75) is 0 Å². The van der Waals surface area contributed by atoms with Crippen LogP contribution in [0.15, 0.2) is 42.7 Å². The molecule has 106 valence electrons. The molecule has 0 aliphatic heterocycles. The van der Waals surface area contributed by atoms with Crippen LogP contribution in [0.4, 0.5) is 30.2 Å². The molecule has 0 aliphatic carbocycles. The lowest BCUT2D eigenvalue weighted by molar-refractivity contribution is 0.449. The van der Waals surface area contributed by atoms with Crippen molar-refractivity contribution in [2.75, 3.05) is 11.1 Å². The maximum atomic E-state index is 13.7. The van der Waals surface area contributed by atoms with E-state index in [4.69, 9.17) is 5.73 Å². The number of pyridine rings is 1. The summed E-state index contributed by atoms with van der Waals surface area (Å²) in [6.07, 6.45) is 3.15. The number of benzene rings is 2. The molecule has 3 rings (SSSR count). The number of fused-ring (bicyclic) bond motifs is 1. The van der Waals surface area contributed by atoms with E-state index in [1.807, 2.05) is 0 Å². The topological polar surface area (TPSA) is 50.9 Å². The molecular weight excluding hydrogens is 279 g/mol. The molecular formula is C15H10F3N3. The van der Waals surface area contributed by atoms with Gasteiger partial charge in [-0.2, -0.15) is 0 Å². The molecule has 0 unspecified atom stereocenters. The Bertz CT molecular complexity index is 834. The Balaban J connectivity index is 2.11. The second-order valence-corrected chi connectivity index (χ2v) is 4.47. The van der Waals surface area contributed by atoms with E-state index < -0.39 is 17.5 Å². The Hall–Kier alpha value is -2.76. The van der Waals surface area contributed by atoms with Crippen LogP contribution in [-0.4, -0.2) is 4.98 Å². The molecule has 3 aromatic rings. The monoisotopic (exact) mass is 289 g/mol. The summed E-state index contributed by atoms with van der Waals surface area (Å²) in [6.45, 7) is 0. The smallest absolute Gasteiger partial charge is 0.196 e. The number of hydrogen-bond acceptors (Lipinski definition) is 3. The summed E-state index contributed by atoms with van der Waals surface area (Å²) in [5.41, 5.74) is 6.73. The van der Waals surface area contributed by atoms with E-state index in [1.165, 1.54) is 0 Å². The van der Waals surface area contributed by atoms with E-state index in [9.17, 15) is 13.2 Å². The van der Waals surface area contributed by atoms with Gasteiger partial charge in [-0.15, -0.1) is 0 Å². The standard InChI is InChI=1S/C15H10F3N3/c16-10-1-3-13(15(18)14(10)17)21-12-4-2-11(19)8-5-6-20-7-9(8)12/h1-7,21H,19H2. The lowest BCUT2D eigenvalue weighted by Gasteiger charge is -2.12. The van der Waals surface area contributed by atoms with Crippen molar-refractivity contribution in [2.24, 2.45) is 0 Å². The Morgan fingerprint density at radius 1 is 0.857 bits per heavy atom. The summed E-state index contributed by atoms with van der Waals surface area (Å²) in [5.74, 6) is -4.02. The van der Waals surface area contributed by atoms with E-state index in [1.54, 1.807) is 30.6 Å². The Kier molecular flexibility index (Phi) is 3.13. The van der Waals surface area contributed by atoms with Crippen molar-refractivity contribution >= 4 is 27.8 Å². The molecule has 0 radical (unpaired) electrons. The zero-order valence-electron chi connectivity index (χ0n) is 10.7. The van der Waals surface area contributed by atoms with Crippen LogP contribution in [-0.2, 0) is 0 Å². The van der Waals surface area contributed by atoms with Crippen molar-refractivity contribution in [3.8, 4) is 0 Å². The SMILES string of the molecule is Nc1ccc(Nc2ccc(F)c(F)c2F)c2cnccc12. The van der Waals surface area contributed by atoms with Gasteiger partial charge in [0.15, 0.2) is 17.5 Å². The van der Waals surface area contributed by atoms with Crippen molar-refractivity contribution in [1.29, 1.82) is 0 Å². The van der Waals surface area contributed by atoms with E-state index in [0.29, 0.717) is 16.8 Å². The number of rotatable bonds is 2. The van der Waals surface area contributed by atoms with Gasteiger partial charge in [0, 0.05) is 34.5 Å². The zero-order valence-corrected chi connectivity index (χ0v) is 10.7. The number of halogens is 3. The first-order valence-corrected chi connectivity index (χ1v) is 6.10. The molecule has 21 heavy (non-hydrogen) atoms. The predicted octanol–water partition coefficient (Wildman–Crippen LogP) is 3.98. The van der Waals surface area contributed by atoms with E-state index in [-0.39, 0.29) is 5.69 Å². The van der Waals surface area contributed by atoms with Crippen LogP contribution in [0.25, 0.3) is 10.8 Å². The molecule has 6 heteroatoms. The van der Waals surface area contributed by atoms with Crippen LogP contribution >= 0.6 is 0 Å². The van der Waals surface area contributed by atoms with Gasteiger partial charge < -0.3 is 11.1 Å². The van der Waals surface area contributed by atoms with E-state index >= 15 is 0 Å². The molecule has 1 aromatic heterocycles. The van der Waals surface area contributed by atoms with Crippen LogP contribution < -0.4 is 11.1 Å². The summed E-state index contributed by atoms with van der Waals surface area (Å²) in [5, 5.41) is 4.12. The number of aromatic nitrogens is 1. The van der Waals surface area contributed by atoms with Gasteiger partial charge in [0.25, 0.3) is 0 Å². The van der Waals surface area contributed by atoms with Crippen LogP contribution in [0.5, 0.6) is 0 Å². The van der Waals surface area contributed by atoms with Crippen molar-refractivity contribution < 1.29 is 13.2 Å². The molecule has 1 heterocycles. The van der Waals surface area contributed by atoms with Gasteiger partial charge in [-0.1, -0.05) is 0 Å². The quantitative estimate of drug-likeness (QED) is 0.554. The largest absolute Gasteiger partial charge is 0.398 e. The first-order valence-electron chi connectivity index (χ1n) is 6.10. The minimum Gasteiger partial charge on any atom is -0.398 e. The maximum absolute atomic E-state index is 13.7. The van der Waals surface area contributed by atoms with Gasteiger partial charge in [-0.25, -0.2) is 13.2 Å². The van der Waals surface area contributed by atoms with E-state index in [0.717, 1.165) is 17.5 Å². The van der Waals surface area contributed by atoms with Crippen LogP contribution in [0.3, 0.4) is 0 Å². The molecule has 2 aromatic carbocycles. The highest BCUT2D eigenvalue weighted by Gasteiger charge is 2.14. The first kappa shape index (κ1) is 13.2. The molecule has 0 bridgehead atoms. The molecule has 0 atom stereocenters. The van der Waals surface area contributed by atoms with Crippen molar-refractivity contribution in [3.63, 3.8) is 0 Å². The molecule has 0 spiro atoms. The highest BCUT2D eigenvalue weighted by molar-refractivity contribution is 6.01. The average Bonchev–Trinajstić information content (AvgIpc) is 2.50. The number of nitrogens with two attached hydrogens (primary N) is 1. The zero-order chi connectivity index (χ0) is 15.0. The average molecular weight is 289 g/mol. The van der Waals surface area contributed by atoms with Crippen molar-refractivity contribution in [3.05, 3.63) is 60.2 Å². The number of anilines is 3. The maximum Gasteiger partial charge on any atom is 0.196 e. The first-order chi connectivity index (χ1) is 10.1. The van der Waals surface area contributed by atoms with Gasteiger partial charge in [0.1, 0.15) is 0 Å². The molecule has 3 N–H and O–H groups in total. The lowest BCUT2D eigenvalue weighted by atomic mass is 10.1. The minimum atomic E-state index is -1.52. The normalized spacial score (nSPS) is 10.8. The third-order valence-electron chi connectivity index (χ3n) is 3.16. The summed E-state index contributed by atoms with van der Waals surface area (Å²) in [4.78, 5) is 3.99. The van der Waals surface area contributed by atoms with Gasteiger partial charge in [-0.3, -0.25) is 4.98 Å². The fourth-order valence-electron chi connectivity index (χ4n) is 2.09. The number of nitrogens with one attached hydrogen (secondary N) is 1. The van der Waals surface area contributed by atoms with Gasteiger partial charge in [0.05, 0.1) is 5.69 Å². The number of nitrogen functional groups attached to an aromatic ring is 1. The second kappa shape index (κ2) is 4.97. The number of nitrogens with zero attached hydrogens (tertiary/aromatic N) is 1. The van der Waals surface area contributed by atoms with Gasteiger partial charge in [-0.05, 0) is 30.3 Å². The van der Waals surface area contributed by atoms with Crippen molar-refractivity contribution in [1.82, 2.24) is 4.98 Å². The predicted molar refractivity (Wildman–Crippen MR) is 75.8 cm³/mol. The summed E-state index contributed by atoms with van der Waals surface area (Å²) >= 11 is 0. The van der Waals surface area contributed by atoms with Gasteiger partial charge >= 0.3 is 0 Å². The van der Waals surface area contributed by atoms with Crippen LogP contribution in [0.2, 0.25) is 0 Å². The van der Waals surface area contributed by atoms with Crippen LogP contribution in [0.1, 0.15) is 0 Å². The third kappa shape index (κ3) is 2.24. The Morgan fingerprint density at radius 3 is 2.43 bits per heavy atom.